The largest absolute Gasteiger partial charge is 0.467 e. The summed E-state index contributed by atoms with van der Waals surface area (Å²) in [6, 6.07) is 14.9. The van der Waals surface area contributed by atoms with Crippen LogP contribution in [0.2, 0.25) is 5.02 Å². The second-order valence-electron chi connectivity index (χ2n) is 7.15. The number of nitrogens with zero attached hydrogens (tertiary/aromatic N) is 2. The van der Waals surface area contributed by atoms with Gasteiger partial charge in [-0.1, -0.05) is 35.9 Å². The average molecular weight is 402 g/mol. The molecule has 1 saturated heterocycles. The molecule has 2 aromatic rings. The minimum atomic E-state index is -0.993. The van der Waals surface area contributed by atoms with Gasteiger partial charge in [0.25, 0.3) is 0 Å². The standard InChI is InChI=1S/C20H20ClN3O2S/c1-20-16(18(25)23(2)3)17(14-9-4-5-10-15(14)26-20)22-19(27)24(20)13-8-6-7-12(21)11-13/h4-11,16-17H,1-3H3,(H,22,27). The van der Waals surface area contributed by atoms with Crippen LogP contribution < -0.4 is 15.0 Å². The van der Waals surface area contributed by atoms with Crippen molar-refractivity contribution in [3.63, 3.8) is 0 Å². The number of carbonyl (C=O) groups excluding carboxylic acids is 1. The molecule has 0 aliphatic carbocycles. The molecule has 5 nitrogen and oxygen atoms in total. The minimum Gasteiger partial charge on any atom is -0.467 e. The smallest absolute Gasteiger partial charge is 0.233 e. The fourth-order valence-electron chi connectivity index (χ4n) is 3.99. The second-order valence-corrected chi connectivity index (χ2v) is 7.97. The van der Waals surface area contributed by atoms with Gasteiger partial charge in [0.1, 0.15) is 11.7 Å². The van der Waals surface area contributed by atoms with Crippen molar-refractivity contribution < 1.29 is 9.53 Å². The number of ether oxygens (including phenoxy) is 1. The van der Waals surface area contributed by atoms with Gasteiger partial charge in [-0.25, -0.2) is 0 Å². The summed E-state index contributed by atoms with van der Waals surface area (Å²) in [7, 11) is 3.51. The summed E-state index contributed by atoms with van der Waals surface area (Å²) >= 11 is 11.9. The van der Waals surface area contributed by atoms with Crippen molar-refractivity contribution in [1.82, 2.24) is 10.2 Å². The fraction of sp³-hybridized carbons (Fsp3) is 0.300. The number of hydrogen-bond donors (Lipinski definition) is 1. The molecule has 2 aliphatic rings. The maximum atomic E-state index is 13.2. The highest BCUT2D eigenvalue weighted by atomic mass is 35.5. The van der Waals surface area contributed by atoms with Crippen LogP contribution in [0.3, 0.4) is 0 Å². The molecule has 0 aromatic heterocycles. The van der Waals surface area contributed by atoms with E-state index in [-0.39, 0.29) is 11.9 Å². The van der Waals surface area contributed by atoms with Crippen LogP contribution in [0.1, 0.15) is 18.5 Å². The van der Waals surface area contributed by atoms with Crippen LogP contribution in [0.5, 0.6) is 5.75 Å². The Bertz CT molecular complexity index is 935. The molecule has 7 heteroatoms. The number of nitrogens with one attached hydrogen (secondary N) is 1. The number of rotatable bonds is 2. The number of para-hydroxylation sites is 1. The third kappa shape index (κ3) is 2.75. The lowest BCUT2D eigenvalue weighted by atomic mass is 9.78. The molecular weight excluding hydrogens is 382 g/mol. The van der Waals surface area contributed by atoms with Crippen molar-refractivity contribution in [1.29, 1.82) is 0 Å². The van der Waals surface area contributed by atoms with Gasteiger partial charge in [0.15, 0.2) is 10.8 Å². The van der Waals surface area contributed by atoms with Gasteiger partial charge < -0.3 is 15.0 Å². The van der Waals surface area contributed by atoms with Crippen molar-refractivity contribution in [2.75, 3.05) is 19.0 Å². The first-order valence-electron chi connectivity index (χ1n) is 8.68. The molecule has 3 unspecified atom stereocenters. The van der Waals surface area contributed by atoms with Gasteiger partial charge in [0.2, 0.25) is 5.91 Å². The van der Waals surface area contributed by atoms with Gasteiger partial charge in [0.05, 0.1) is 6.04 Å². The first-order chi connectivity index (χ1) is 12.8. The monoisotopic (exact) mass is 401 g/mol. The minimum absolute atomic E-state index is 0.0287. The molecule has 2 bridgehead atoms. The van der Waals surface area contributed by atoms with Crippen LogP contribution >= 0.6 is 23.8 Å². The van der Waals surface area contributed by atoms with Crippen LogP contribution in [0.15, 0.2) is 48.5 Å². The van der Waals surface area contributed by atoms with E-state index >= 15 is 0 Å². The lowest BCUT2D eigenvalue weighted by Gasteiger charge is -2.56. The predicted octanol–water partition coefficient (Wildman–Crippen LogP) is 3.59. The molecule has 1 N–H and O–H groups in total. The SMILES string of the molecule is CN(C)C(=O)C1C2NC(=S)N(c3cccc(Cl)c3)C1(C)Oc1ccccc12. The summed E-state index contributed by atoms with van der Waals surface area (Å²) in [5.74, 6) is 0.224. The van der Waals surface area contributed by atoms with E-state index in [4.69, 9.17) is 28.6 Å². The lowest BCUT2D eigenvalue weighted by molar-refractivity contribution is -0.144. The summed E-state index contributed by atoms with van der Waals surface area (Å²) in [5.41, 5.74) is 0.716. The van der Waals surface area contributed by atoms with Crippen LogP contribution in [-0.2, 0) is 4.79 Å². The van der Waals surface area contributed by atoms with Gasteiger partial charge in [-0.15, -0.1) is 0 Å². The summed E-state index contributed by atoms with van der Waals surface area (Å²) in [4.78, 5) is 16.6. The quantitative estimate of drug-likeness (QED) is 0.779. The lowest BCUT2D eigenvalue weighted by Crippen LogP contribution is -2.72. The Morgan fingerprint density at radius 2 is 2.00 bits per heavy atom. The number of benzene rings is 2. The fourth-order valence-corrected chi connectivity index (χ4v) is 4.59. The topological polar surface area (TPSA) is 44.8 Å². The molecule has 0 radical (unpaired) electrons. The Hall–Kier alpha value is -2.31. The molecule has 0 saturated carbocycles. The molecule has 2 heterocycles. The van der Waals surface area contributed by atoms with E-state index in [1.807, 2.05) is 54.3 Å². The first kappa shape index (κ1) is 18.1. The van der Waals surface area contributed by atoms with Gasteiger partial charge in [-0.3, -0.25) is 9.69 Å². The zero-order chi connectivity index (χ0) is 19.3. The van der Waals surface area contributed by atoms with Crippen molar-refractivity contribution in [2.24, 2.45) is 5.92 Å². The Kier molecular flexibility index (Phi) is 4.28. The molecule has 1 amide bonds. The highest BCUT2D eigenvalue weighted by Gasteiger charge is 2.59. The number of anilines is 1. The van der Waals surface area contributed by atoms with E-state index in [0.29, 0.717) is 10.1 Å². The molecule has 2 aliphatic heterocycles. The van der Waals surface area contributed by atoms with E-state index < -0.39 is 11.6 Å². The van der Waals surface area contributed by atoms with Crippen molar-refractivity contribution in [2.45, 2.75) is 18.7 Å². The summed E-state index contributed by atoms with van der Waals surface area (Å²) in [6.45, 7) is 1.91. The molecule has 1 fully saturated rings. The highest BCUT2D eigenvalue weighted by molar-refractivity contribution is 7.80. The highest BCUT2D eigenvalue weighted by Crippen LogP contribution is 2.49. The molecule has 0 spiro atoms. The normalized spacial score (nSPS) is 25.9. The second kappa shape index (κ2) is 6.39. The van der Waals surface area contributed by atoms with Gasteiger partial charge in [-0.2, -0.15) is 0 Å². The van der Waals surface area contributed by atoms with E-state index in [1.165, 1.54) is 0 Å². The van der Waals surface area contributed by atoms with E-state index in [0.717, 1.165) is 17.0 Å². The van der Waals surface area contributed by atoms with Gasteiger partial charge >= 0.3 is 0 Å². The number of carbonyl (C=O) groups is 1. The third-order valence-corrected chi connectivity index (χ3v) is 5.72. The van der Waals surface area contributed by atoms with Gasteiger partial charge in [-0.05, 0) is 43.4 Å². The molecule has 3 atom stereocenters. The Labute approximate surface area is 168 Å². The van der Waals surface area contributed by atoms with E-state index in [2.05, 4.69) is 5.32 Å². The maximum Gasteiger partial charge on any atom is 0.233 e. The third-order valence-electron chi connectivity index (χ3n) is 5.18. The van der Waals surface area contributed by atoms with Crippen LogP contribution in [0, 0.1) is 5.92 Å². The molecule has 27 heavy (non-hydrogen) atoms. The summed E-state index contributed by atoms with van der Waals surface area (Å²) < 4.78 is 6.46. The molecular formula is C20H20ClN3O2S. The molecule has 2 aromatic carbocycles. The first-order valence-corrected chi connectivity index (χ1v) is 9.47. The number of hydrogen-bond acceptors (Lipinski definition) is 3. The zero-order valence-electron chi connectivity index (χ0n) is 15.3. The van der Waals surface area contributed by atoms with E-state index in [1.54, 1.807) is 25.1 Å². The number of fused-ring (bicyclic) bond motifs is 4. The maximum absolute atomic E-state index is 13.2. The Morgan fingerprint density at radius 3 is 2.70 bits per heavy atom. The van der Waals surface area contributed by atoms with Crippen LogP contribution in [0.25, 0.3) is 0 Å². The van der Waals surface area contributed by atoms with Gasteiger partial charge in [0, 0.05) is 30.4 Å². The van der Waals surface area contributed by atoms with Crippen LogP contribution in [-0.4, -0.2) is 35.7 Å². The van der Waals surface area contributed by atoms with Crippen LogP contribution in [0.4, 0.5) is 5.69 Å². The summed E-state index contributed by atoms with van der Waals surface area (Å²) in [5, 5.41) is 4.46. The predicted molar refractivity (Wildman–Crippen MR) is 110 cm³/mol. The van der Waals surface area contributed by atoms with Crippen molar-refractivity contribution >= 4 is 40.5 Å². The molecule has 4 rings (SSSR count). The zero-order valence-corrected chi connectivity index (χ0v) is 16.8. The Balaban J connectivity index is 1.92. The average Bonchev–Trinajstić information content (AvgIpc) is 2.60. The number of amides is 1. The van der Waals surface area contributed by atoms with E-state index in [9.17, 15) is 4.79 Å². The van der Waals surface area contributed by atoms with Crippen molar-refractivity contribution in [3.8, 4) is 5.75 Å². The van der Waals surface area contributed by atoms with Crippen molar-refractivity contribution in [3.05, 3.63) is 59.1 Å². The number of thiocarbonyl (C=S) groups is 1. The number of halogens is 1. The Morgan fingerprint density at radius 1 is 1.26 bits per heavy atom. The summed E-state index contributed by atoms with van der Waals surface area (Å²) in [6.07, 6.45) is 0. The molecule has 140 valence electrons.